The van der Waals surface area contributed by atoms with Crippen LogP contribution in [0.5, 0.6) is 5.75 Å². The molecule has 1 heterocycles. The van der Waals surface area contributed by atoms with Crippen molar-refractivity contribution in [3.63, 3.8) is 0 Å². The highest BCUT2D eigenvalue weighted by molar-refractivity contribution is 6.06. The molecule has 0 fully saturated rings. The molecule has 0 saturated heterocycles. The summed E-state index contributed by atoms with van der Waals surface area (Å²) in [7, 11) is 1.45. The average molecular weight is 286 g/mol. The van der Waals surface area contributed by atoms with Crippen molar-refractivity contribution in [3.8, 4) is 5.75 Å². The summed E-state index contributed by atoms with van der Waals surface area (Å²) in [5.41, 5.74) is 1.36. The van der Waals surface area contributed by atoms with Gasteiger partial charge in [-0.2, -0.15) is 0 Å². The fraction of sp³-hybridized carbons (Fsp3) is 0.133. The third-order valence-electron chi connectivity index (χ3n) is 2.95. The van der Waals surface area contributed by atoms with E-state index >= 15 is 0 Å². The summed E-state index contributed by atoms with van der Waals surface area (Å²) >= 11 is 0. The Labute approximate surface area is 121 Å². The molecule has 0 atom stereocenters. The van der Waals surface area contributed by atoms with E-state index in [2.05, 4.69) is 10.3 Å². The molecule has 2 aromatic rings. The van der Waals surface area contributed by atoms with Gasteiger partial charge in [-0.3, -0.25) is 9.78 Å². The molecule has 0 aliphatic carbocycles. The Kier molecular flexibility index (Phi) is 4.18. The van der Waals surface area contributed by atoms with Crippen molar-refractivity contribution in [1.82, 2.24) is 4.98 Å². The molecular weight excluding hydrogens is 272 g/mol. The van der Waals surface area contributed by atoms with Gasteiger partial charge in [0, 0.05) is 11.9 Å². The van der Waals surface area contributed by atoms with Crippen molar-refractivity contribution < 1.29 is 19.4 Å². The van der Waals surface area contributed by atoms with Gasteiger partial charge in [-0.25, -0.2) is 4.79 Å². The summed E-state index contributed by atoms with van der Waals surface area (Å²) in [5.74, 6) is -1.07. The maximum atomic E-state index is 12.2. The van der Waals surface area contributed by atoms with Crippen molar-refractivity contribution >= 4 is 17.6 Å². The lowest BCUT2D eigenvalue weighted by Crippen LogP contribution is -2.15. The first-order valence-electron chi connectivity index (χ1n) is 6.17. The molecule has 0 bridgehead atoms. The largest absolute Gasteiger partial charge is 0.495 e. The number of pyridine rings is 1. The SMILES string of the molecule is COc1ccc(C(=O)O)cc1NC(=O)c1cccnc1C. The number of rotatable bonds is 4. The molecule has 108 valence electrons. The summed E-state index contributed by atoms with van der Waals surface area (Å²) in [6, 6.07) is 7.56. The molecule has 21 heavy (non-hydrogen) atoms. The number of hydrogen-bond donors (Lipinski definition) is 2. The summed E-state index contributed by atoms with van der Waals surface area (Å²) in [6.07, 6.45) is 1.59. The van der Waals surface area contributed by atoms with Gasteiger partial charge in [0.2, 0.25) is 0 Å². The first-order chi connectivity index (χ1) is 10.0. The number of aryl methyl sites for hydroxylation is 1. The molecule has 2 rings (SSSR count). The highest BCUT2D eigenvalue weighted by atomic mass is 16.5. The van der Waals surface area contributed by atoms with Crippen LogP contribution in [0.15, 0.2) is 36.5 Å². The zero-order valence-corrected chi connectivity index (χ0v) is 11.6. The number of methoxy groups -OCH3 is 1. The van der Waals surface area contributed by atoms with Gasteiger partial charge in [-0.1, -0.05) is 0 Å². The van der Waals surface area contributed by atoms with Gasteiger partial charge in [-0.15, -0.1) is 0 Å². The van der Waals surface area contributed by atoms with E-state index in [1.54, 1.807) is 25.3 Å². The number of aromatic carboxylic acids is 1. The number of benzene rings is 1. The monoisotopic (exact) mass is 286 g/mol. The Morgan fingerprint density at radius 2 is 2.05 bits per heavy atom. The molecule has 1 aromatic carbocycles. The highest BCUT2D eigenvalue weighted by Crippen LogP contribution is 2.26. The first kappa shape index (κ1) is 14.5. The Morgan fingerprint density at radius 1 is 1.29 bits per heavy atom. The Morgan fingerprint density at radius 3 is 2.67 bits per heavy atom. The normalized spacial score (nSPS) is 10.0. The van der Waals surface area contributed by atoms with Crippen molar-refractivity contribution in [2.45, 2.75) is 6.92 Å². The van der Waals surface area contributed by atoms with Crippen LogP contribution in [0.2, 0.25) is 0 Å². The molecule has 0 unspecified atom stereocenters. The number of ether oxygens (including phenoxy) is 1. The smallest absolute Gasteiger partial charge is 0.335 e. The second-order valence-corrected chi connectivity index (χ2v) is 4.31. The van der Waals surface area contributed by atoms with Crippen LogP contribution < -0.4 is 10.1 Å². The zero-order valence-electron chi connectivity index (χ0n) is 11.6. The van der Waals surface area contributed by atoms with Gasteiger partial charge in [0.05, 0.1) is 23.9 Å². The van der Waals surface area contributed by atoms with Gasteiger partial charge in [0.15, 0.2) is 0 Å². The van der Waals surface area contributed by atoms with E-state index in [0.717, 1.165) is 0 Å². The highest BCUT2D eigenvalue weighted by Gasteiger charge is 2.14. The van der Waals surface area contributed by atoms with E-state index in [4.69, 9.17) is 9.84 Å². The number of carboxylic acid groups (broad SMARTS) is 1. The van der Waals surface area contributed by atoms with E-state index in [0.29, 0.717) is 22.7 Å². The van der Waals surface area contributed by atoms with Crippen molar-refractivity contribution in [3.05, 3.63) is 53.3 Å². The number of carbonyl (C=O) groups excluding carboxylic acids is 1. The summed E-state index contributed by atoms with van der Waals surface area (Å²) < 4.78 is 5.12. The van der Waals surface area contributed by atoms with Crippen LogP contribution in [0.1, 0.15) is 26.4 Å². The third-order valence-corrected chi connectivity index (χ3v) is 2.95. The minimum Gasteiger partial charge on any atom is -0.495 e. The lowest BCUT2D eigenvalue weighted by atomic mass is 10.1. The number of amides is 1. The van der Waals surface area contributed by atoms with Crippen molar-refractivity contribution in [2.24, 2.45) is 0 Å². The fourth-order valence-corrected chi connectivity index (χ4v) is 1.85. The van der Waals surface area contributed by atoms with E-state index in [1.165, 1.54) is 25.3 Å². The topological polar surface area (TPSA) is 88.5 Å². The quantitative estimate of drug-likeness (QED) is 0.900. The molecule has 0 aliphatic rings. The number of aromatic nitrogens is 1. The average Bonchev–Trinajstić information content (AvgIpc) is 2.47. The molecular formula is C15H14N2O4. The molecule has 1 aromatic heterocycles. The lowest BCUT2D eigenvalue weighted by molar-refractivity contribution is 0.0696. The van der Waals surface area contributed by atoms with Gasteiger partial charge in [-0.05, 0) is 37.3 Å². The summed E-state index contributed by atoms with van der Waals surface area (Å²) in [4.78, 5) is 27.3. The van der Waals surface area contributed by atoms with Crippen LogP contribution in [-0.4, -0.2) is 29.1 Å². The molecule has 1 amide bonds. The van der Waals surface area contributed by atoms with Crippen molar-refractivity contribution in [1.29, 1.82) is 0 Å². The maximum Gasteiger partial charge on any atom is 0.335 e. The number of carbonyl (C=O) groups is 2. The van der Waals surface area contributed by atoms with E-state index < -0.39 is 5.97 Å². The Balaban J connectivity index is 2.34. The van der Waals surface area contributed by atoms with Crippen LogP contribution in [0.4, 0.5) is 5.69 Å². The number of nitrogens with one attached hydrogen (secondary N) is 1. The minimum absolute atomic E-state index is 0.0639. The summed E-state index contributed by atoms with van der Waals surface area (Å²) in [6.45, 7) is 1.72. The van der Waals surface area contributed by atoms with E-state index in [-0.39, 0.29) is 11.5 Å². The molecule has 6 nitrogen and oxygen atoms in total. The Hall–Kier alpha value is -2.89. The van der Waals surface area contributed by atoms with Gasteiger partial charge in [0.25, 0.3) is 5.91 Å². The standard InChI is InChI=1S/C15H14N2O4/c1-9-11(4-3-7-16-9)14(18)17-12-8-10(15(19)20)5-6-13(12)21-2/h3-8H,1-2H3,(H,17,18)(H,19,20). The first-order valence-corrected chi connectivity index (χ1v) is 6.17. The zero-order chi connectivity index (χ0) is 15.4. The van der Waals surface area contributed by atoms with E-state index in [1.807, 2.05) is 0 Å². The molecule has 6 heteroatoms. The fourth-order valence-electron chi connectivity index (χ4n) is 1.85. The Bertz CT molecular complexity index is 698. The van der Waals surface area contributed by atoms with Crippen LogP contribution in [-0.2, 0) is 0 Å². The minimum atomic E-state index is -1.08. The maximum absolute atomic E-state index is 12.2. The van der Waals surface area contributed by atoms with E-state index in [9.17, 15) is 9.59 Å². The van der Waals surface area contributed by atoms with Gasteiger partial charge < -0.3 is 15.2 Å². The van der Waals surface area contributed by atoms with Crippen LogP contribution in [0, 0.1) is 6.92 Å². The van der Waals surface area contributed by atoms with Crippen LogP contribution >= 0.6 is 0 Å². The number of nitrogens with zero attached hydrogens (tertiary/aromatic N) is 1. The van der Waals surface area contributed by atoms with Crippen LogP contribution in [0.25, 0.3) is 0 Å². The predicted octanol–water partition coefficient (Wildman–Crippen LogP) is 2.35. The lowest BCUT2D eigenvalue weighted by Gasteiger charge is -2.11. The summed E-state index contributed by atoms with van der Waals surface area (Å²) in [5, 5.41) is 11.7. The number of carboxylic acids is 1. The van der Waals surface area contributed by atoms with Gasteiger partial charge in [0.1, 0.15) is 5.75 Å². The van der Waals surface area contributed by atoms with Gasteiger partial charge >= 0.3 is 5.97 Å². The predicted molar refractivity (Wildman–Crippen MR) is 76.9 cm³/mol. The molecule has 0 spiro atoms. The molecule has 0 saturated carbocycles. The second-order valence-electron chi connectivity index (χ2n) is 4.31. The van der Waals surface area contributed by atoms with Crippen LogP contribution in [0.3, 0.4) is 0 Å². The number of anilines is 1. The van der Waals surface area contributed by atoms with Crippen molar-refractivity contribution in [2.75, 3.05) is 12.4 Å². The molecule has 0 radical (unpaired) electrons. The molecule has 2 N–H and O–H groups in total. The third kappa shape index (κ3) is 3.17. The second kappa shape index (κ2) is 6.04. The number of hydrogen-bond acceptors (Lipinski definition) is 4. The molecule has 0 aliphatic heterocycles.